The highest BCUT2D eigenvalue weighted by molar-refractivity contribution is 7.92. The number of primary sulfonamides is 1. The molecule has 1 heterocycles. The molecule has 1 atom stereocenters. The molecule has 0 aliphatic carbocycles. The number of hydrogen-bond acceptors (Lipinski definition) is 3. The lowest BCUT2D eigenvalue weighted by atomic mass is 10.2. The van der Waals surface area contributed by atoms with Gasteiger partial charge >= 0.3 is 6.09 Å². The Hall–Kier alpha value is -1.08. The van der Waals surface area contributed by atoms with Crippen molar-refractivity contribution in [2.75, 3.05) is 6.54 Å². The summed E-state index contributed by atoms with van der Waals surface area (Å²) in [7, 11) is -3.66. The quantitative estimate of drug-likeness (QED) is 0.680. The zero-order valence-electron chi connectivity index (χ0n) is 7.46. The predicted octanol–water partition coefficient (Wildman–Crippen LogP) is -0.0690. The van der Waals surface area contributed by atoms with Crippen molar-refractivity contribution in [3.63, 3.8) is 0 Å². The molecule has 80 valence electrons. The molecule has 7 heteroatoms. The van der Waals surface area contributed by atoms with E-state index < -0.39 is 16.1 Å². The number of hydrogen-bond donors (Lipinski definition) is 2. The minimum absolute atomic E-state index is 0.370. The van der Waals surface area contributed by atoms with Gasteiger partial charge in [-0.15, -0.1) is 0 Å². The highest BCUT2D eigenvalue weighted by Crippen LogP contribution is 2.18. The van der Waals surface area contributed by atoms with Crippen LogP contribution in [0.25, 0.3) is 0 Å². The summed E-state index contributed by atoms with van der Waals surface area (Å²) in [5, 5.41) is 14.3. The third-order valence-corrected chi connectivity index (χ3v) is 2.57. The minimum Gasteiger partial charge on any atom is -0.465 e. The van der Waals surface area contributed by atoms with Gasteiger partial charge in [0.05, 0.1) is 6.04 Å². The zero-order chi connectivity index (χ0) is 10.8. The topological polar surface area (TPSA) is 101 Å². The zero-order valence-corrected chi connectivity index (χ0v) is 8.27. The van der Waals surface area contributed by atoms with E-state index >= 15 is 0 Å². The van der Waals surface area contributed by atoms with E-state index in [9.17, 15) is 13.2 Å². The summed E-state index contributed by atoms with van der Waals surface area (Å²) in [4.78, 5) is 11.8. The number of nitrogens with zero attached hydrogens (tertiary/aromatic N) is 1. The Morgan fingerprint density at radius 2 is 2.21 bits per heavy atom. The largest absolute Gasteiger partial charge is 0.465 e. The van der Waals surface area contributed by atoms with E-state index in [0.29, 0.717) is 13.0 Å². The van der Waals surface area contributed by atoms with Gasteiger partial charge in [0, 0.05) is 12.0 Å². The first-order chi connectivity index (χ1) is 6.40. The van der Waals surface area contributed by atoms with E-state index in [1.54, 1.807) is 0 Å². The number of nitrogens with two attached hydrogens (primary N) is 1. The Labute approximate surface area is 82.0 Å². The van der Waals surface area contributed by atoms with Crippen LogP contribution < -0.4 is 5.14 Å². The van der Waals surface area contributed by atoms with Crippen molar-refractivity contribution < 1.29 is 18.3 Å². The fourth-order valence-electron chi connectivity index (χ4n) is 1.43. The molecule has 0 bridgehead atoms. The van der Waals surface area contributed by atoms with Gasteiger partial charge in [-0.25, -0.2) is 18.4 Å². The first kappa shape index (κ1) is 11.0. The molecule has 0 unspecified atom stereocenters. The Bertz CT molecular complexity index is 349. The second-order valence-electron chi connectivity index (χ2n) is 3.10. The molecule has 0 aromatic rings. The van der Waals surface area contributed by atoms with Crippen LogP contribution in [0.1, 0.15) is 12.8 Å². The van der Waals surface area contributed by atoms with Crippen molar-refractivity contribution in [3.8, 4) is 0 Å². The lowest BCUT2D eigenvalue weighted by Gasteiger charge is -2.17. The number of rotatable bonds is 2. The first-order valence-corrected chi connectivity index (χ1v) is 5.71. The number of sulfonamides is 1. The Morgan fingerprint density at radius 1 is 1.57 bits per heavy atom. The van der Waals surface area contributed by atoms with Crippen molar-refractivity contribution in [2.45, 2.75) is 18.9 Å². The van der Waals surface area contributed by atoms with Crippen LogP contribution in [-0.2, 0) is 10.0 Å². The SMILES string of the molecule is NS(=O)(=O)/C=C/[C@H]1CCCN1C(=O)O. The van der Waals surface area contributed by atoms with Crippen molar-refractivity contribution in [2.24, 2.45) is 5.14 Å². The second-order valence-corrected chi connectivity index (χ2v) is 4.55. The number of amides is 1. The van der Waals surface area contributed by atoms with Gasteiger partial charge < -0.3 is 10.0 Å². The monoisotopic (exact) mass is 220 g/mol. The molecule has 0 aromatic heterocycles. The van der Waals surface area contributed by atoms with Crippen molar-refractivity contribution >= 4 is 16.1 Å². The minimum atomic E-state index is -3.66. The standard InChI is InChI=1S/C7H12N2O4S/c8-14(12,13)5-3-6-2-1-4-9(6)7(10)11/h3,5-6H,1-2,4H2,(H,10,11)(H2,8,12,13)/b5-3+/t6-/m1/s1. The summed E-state index contributed by atoms with van der Waals surface area (Å²) >= 11 is 0. The van der Waals surface area contributed by atoms with E-state index in [1.807, 2.05) is 0 Å². The Morgan fingerprint density at radius 3 is 2.71 bits per heavy atom. The lowest BCUT2D eigenvalue weighted by molar-refractivity contribution is 0.147. The molecule has 1 aliphatic heterocycles. The van der Waals surface area contributed by atoms with Gasteiger partial charge in [0.15, 0.2) is 0 Å². The fourth-order valence-corrected chi connectivity index (χ4v) is 1.83. The number of likely N-dealkylation sites (tertiary alicyclic amines) is 1. The molecule has 1 fully saturated rings. The van der Waals surface area contributed by atoms with Gasteiger partial charge in [-0.3, -0.25) is 0 Å². The maximum absolute atomic E-state index is 10.6. The molecule has 0 aromatic carbocycles. The maximum Gasteiger partial charge on any atom is 0.407 e. The van der Waals surface area contributed by atoms with Gasteiger partial charge in [-0.05, 0) is 18.9 Å². The molecule has 0 spiro atoms. The van der Waals surface area contributed by atoms with E-state index in [4.69, 9.17) is 10.2 Å². The van der Waals surface area contributed by atoms with Crippen molar-refractivity contribution in [1.82, 2.24) is 4.90 Å². The van der Waals surface area contributed by atoms with Gasteiger partial charge in [-0.2, -0.15) is 0 Å². The average molecular weight is 220 g/mol. The van der Waals surface area contributed by atoms with Crippen LogP contribution in [0.2, 0.25) is 0 Å². The molecular formula is C7H12N2O4S. The summed E-state index contributed by atoms with van der Waals surface area (Å²) in [6, 6.07) is -0.370. The molecule has 6 nitrogen and oxygen atoms in total. The molecule has 1 aliphatic rings. The van der Waals surface area contributed by atoms with Crippen LogP contribution in [0, 0.1) is 0 Å². The molecule has 0 radical (unpaired) electrons. The molecule has 3 N–H and O–H groups in total. The highest BCUT2D eigenvalue weighted by Gasteiger charge is 2.26. The van der Waals surface area contributed by atoms with Gasteiger partial charge in [-0.1, -0.05) is 0 Å². The molecule has 14 heavy (non-hydrogen) atoms. The Kier molecular flexibility index (Phi) is 3.12. The van der Waals surface area contributed by atoms with Crippen molar-refractivity contribution in [3.05, 3.63) is 11.5 Å². The van der Waals surface area contributed by atoms with Gasteiger partial charge in [0.1, 0.15) is 0 Å². The average Bonchev–Trinajstić information content (AvgIpc) is 2.46. The van der Waals surface area contributed by atoms with Crippen LogP contribution in [0.3, 0.4) is 0 Å². The number of carbonyl (C=O) groups is 1. The summed E-state index contributed by atoms with van der Waals surface area (Å²) < 4.78 is 21.2. The molecular weight excluding hydrogens is 208 g/mol. The summed E-state index contributed by atoms with van der Waals surface area (Å²) in [6.07, 6.45) is 1.66. The molecule has 1 saturated heterocycles. The van der Waals surface area contributed by atoms with Crippen LogP contribution in [0.4, 0.5) is 4.79 Å². The summed E-state index contributed by atoms with van der Waals surface area (Å²) in [5.41, 5.74) is 0. The van der Waals surface area contributed by atoms with E-state index in [2.05, 4.69) is 0 Å². The van der Waals surface area contributed by atoms with Crippen LogP contribution in [-0.4, -0.2) is 37.1 Å². The van der Waals surface area contributed by atoms with E-state index in [1.165, 1.54) is 11.0 Å². The van der Waals surface area contributed by atoms with Crippen molar-refractivity contribution in [1.29, 1.82) is 0 Å². The van der Waals surface area contributed by atoms with E-state index in [0.717, 1.165) is 11.8 Å². The lowest BCUT2D eigenvalue weighted by Crippen LogP contribution is -2.33. The summed E-state index contributed by atoms with van der Waals surface area (Å²) in [5.74, 6) is 0. The second kappa shape index (κ2) is 3.97. The third kappa shape index (κ3) is 3.00. The van der Waals surface area contributed by atoms with E-state index in [-0.39, 0.29) is 6.04 Å². The smallest absolute Gasteiger partial charge is 0.407 e. The summed E-state index contributed by atoms with van der Waals surface area (Å²) in [6.45, 7) is 0.439. The fraction of sp³-hybridized carbons (Fsp3) is 0.571. The predicted molar refractivity (Wildman–Crippen MR) is 50.0 cm³/mol. The first-order valence-electron chi connectivity index (χ1n) is 4.11. The molecule has 1 amide bonds. The van der Waals surface area contributed by atoms with Crippen LogP contribution >= 0.6 is 0 Å². The van der Waals surface area contributed by atoms with Gasteiger partial charge in [0.2, 0.25) is 10.0 Å². The Balaban J connectivity index is 2.69. The number of carboxylic acid groups (broad SMARTS) is 1. The maximum atomic E-state index is 10.6. The van der Waals surface area contributed by atoms with Gasteiger partial charge in [0.25, 0.3) is 0 Å². The third-order valence-electron chi connectivity index (χ3n) is 2.04. The normalized spacial score (nSPS) is 23.2. The molecule has 0 saturated carbocycles. The molecule has 1 rings (SSSR count). The van der Waals surface area contributed by atoms with Crippen LogP contribution in [0.5, 0.6) is 0 Å². The van der Waals surface area contributed by atoms with Crippen LogP contribution in [0.15, 0.2) is 11.5 Å². The highest BCUT2D eigenvalue weighted by atomic mass is 32.2.